The third-order valence-corrected chi connectivity index (χ3v) is 5.58. The second kappa shape index (κ2) is 7.27. The molecule has 2 fully saturated rings. The van der Waals surface area contributed by atoms with E-state index in [9.17, 15) is 4.79 Å². The van der Waals surface area contributed by atoms with Crippen molar-refractivity contribution >= 4 is 17.2 Å². The highest BCUT2D eigenvalue weighted by molar-refractivity contribution is 7.13. The summed E-state index contributed by atoms with van der Waals surface area (Å²) in [6, 6.07) is 3.83. The van der Waals surface area contributed by atoms with Gasteiger partial charge in [0.25, 0.3) is 0 Å². The fraction of sp³-hybridized carbons (Fsp3) is 0.556. The first-order valence-corrected chi connectivity index (χ1v) is 9.59. The molecular formula is C18H22N2O4S. The smallest absolute Gasteiger partial charge is 0.228 e. The average Bonchev–Trinajstić information content (AvgIpc) is 3.36. The van der Waals surface area contributed by atoms with Gasteiger partial charge < -0.3 is 18.8 Å². The zero-order chi connectivity index (χ0) is 17.2. The molecule has 2 aliphatic rings. The fourth-order valence-electron chi connectivity index (χ4n) is 3.43. The predicted molar refractivity (Wildman–Crippen MR) is 93.3 cm³/mol. The van der Waals surface area contributed by atoms with E-state index in [1.165, 1.54) is 11.3 Å². The van der Waals surface area contributed by atoms with Crippen molar-refractivity contribution in [3.63, 3.8) is 0 Å². The van der Waals surface area contributed by atoms with Crippen LogP contribution in [0.1, 0.15) is 24.3 Å². The summed E-state index contributed by atoms with van der Waals surface area (Å²) in [5.41, 5.74) is 0.801. The molecule has 2 aromatic rings. The molecule has 0 aromatic carbocycles. The van der Waals surface area contributed by atoms with Crippen LogP contribution in [0.5, 0.6) is 0 Å². The Morgan fingerprint density at radius 3 is 2.96 bits per heavy atom. The van der Waals surface area contributed by atoms with Gasteiger partial charge in [-0.05, 0) is 31.9 Å². The number of aromatic nitrogens is 1. The molecule has 0 spiro atoms. The third kappa shape index (κ3) is 3.78. The van der Waals surface area contributed by atoms with Gasteiger partial charge in [0, 0.05) is 24.4 Å². The topological polar surface area (TPSA) is 64.8 Å². The highest BCUT2D eigenvalue weighted by Crippen LogP contribution is 2.27. The number of hydrogen-bond donors (Lipinski definition) is 0. The minimum Gasteiger partial charge on any atom is -0.459 e. The summed E-state index contributed by atoms with van der Waals surface area (Å²) in [5.74, 6) is 2.01. The monoisotopic (exact) mass is 362 g/mol. The number of amides is 1. The lowest BCUT2D eigenvalue weighted by Gasteiger charge is -2.34. The molecule has 4 heterocycles. The Hall–Kier alpha value is -1.70. The number of rotatable bonds is 4. The first-order chi connectivity index (χ1) is 12.2. The van der Waals surface area contributed by atoms with E-state index in [-0.39, 0.29) is 18.1 Å². The summed E-state index contributed by atoms with van der Waals surface area (Å²) >= 11 is 1.51. The van der Waals surface area contributed by atoms with Crippen molar-refractivity contribution < 1.29 is 18.7 Å². The summed E-state index contributed by atoms with van der Waals surface area (Å²) in [6.07, 6.45) is 2.22. The van der Waals surface area contributed by atoms with Crippen LogP contribution in [0.4, 0.5) is 0 Å². The van der Waals surface area contributed by atoms with E-state index < -0.39 is 0 Å². The molecular weight excluding hydrogens is 340 g/mol. The van der Waals surface area contributed by atoms with Crippen molar-refractivity contribution in [2.24, 2.45) is 5.92 Å². The largest absolute Gasteiger partial charge is 0.459 e. The first kappa shape index (κ1) is 16.8. The van der Waals surface area contributed by atoms with Crippen LogP contribution in [0.25, 0.3) is 10.8 Å². The third-order valence-electron chi connectivity index (χ3n) is 4.68. The zero-order valence-corrected chi connectivity index (χ0v) is 15.1. The van der Waals surface area contributed by atoms with E-state index in [4.69, 9.17) is 13.9 Å². The highest BCUT2D eigenvalue weighted by atomic mass is 32.1. The zero-order valence-electron chi connectivity index (χ0n) is 14.3. The molecule has 134 valence electrons. The number of piperidine rings is 1. The van der Waals surface area contributed by atoms with E-state index in [1.54, 1.807) is 0 Å². The number of aryl methyl sites for hydroxylation is 1. The van der Waals surface area contributed by atoms with Gasteiger partial charge in [-0.1, -0.05) is 0 Å². The van der Waals surface area contributed by atoms with Crippen LogP contribution in [0, 0.1) is 12.8 Å². The molecule has 0 saturated carbocycles. The standard InChI is InChI=1S/C18H22N2O4S/c1-12-4-5-15(24-12)17-19-14(11-25-17)9-16(21)20-6-2-3-13(10-20)18-22-7-8-23-18/h4-5,11,13,18H,2-3,6-10H2,1H3. The summed E-state index contributed by atoms with van der Waals surface area (Å²) in [7, 11) is 0. The van der Waals surface area contributed by atoms with Gasteiger partial charge in [0.15, 0.2) is 17.1 Å². The van der Waals surface area contributed by atoms with E-state index >= 15 is 0 Å². The summed E-state index contributed by atoms with van der Waals surface area (Å²) in [5, 5.41) is 2.76. The normalized spacial score (nSPS) is 21.8. The minimum absolute atomic E-state index is 0.121. The summed E-state index contributed by atoms with van der Waals surface area (Å²) < 4.78 is 16.8. The first-order valence-electron chi connectivity index (χ1n) is 8.71. The maximum atomic E-state index is 12.7. The Morgan fingerprint density at radius 2 is 2.20 bits per heavy atom. The summed E-state index contributed by atoms with van der Waals surface area (Å²) in [4.78, 5) is 19.1. The second-order valence-corrected chi connectivity index (χ2v) is 7.44. The van der Waals surface area contributed by atoms with E-state index in [0.717, 1.165) is 41.6 Å². The molecule has 7 heteroatoms. The molecule has 1 unspecified atom stereocenters. The van der Waals surface area contributed by atoms with Gasteiger partial charge in [-0.15, -0.1) is 11.3 Å². The number of hydrogen-bond acceptors (Lipinski definition) is 6. The molecule has 6 nitrogen and oxygen atoms in total. The van der Waals surface area contributed by atoms with Gasteiger partial charge in [-0.25, -0.2) is 4.98 Å². The number of ether oxygens (including phenoxy) is 2. The number of furan rings is 1. The van der Waals surface area contributed by atoms with E-state index in [1.807, 2.05) is 29.3 Å². The van der Waals surface area contributed by atoms with Crippen molar-refractivity contribution in [3.05, 3.63) is 29.0 Å². The van der Waals surface area contributed by atoms with Crippen LogP contribution in [0.15, 0.2) is 21.9 Å². The molecule has 2 aromatic heterocycles. The van der Waals surface area contributed by atoms with Crippen molar-refractivity contribution in [3.8, 4) is 10.8 Å². The number of nitrogens with zero attached hydrogens (tertiary/aromatic N) is 2. The molecule has 1 amide bonds. The van der Waals surface area contributed by atoms with Crippen LogP contribution in [-0.2, 0) is 20.7 Å². The quantitative estimate of drug-likeness (QED) is 0.837. The number of carbonyl (C=O) groups excluding carboxylic acids is 1. The lowest BCUT2D eigenvalue weighted by atomic mass is 9.97. The molecule has 0 aliphatic carbocycles. The van der Waals surface area contributed by atoms with E-state index in [2.05, 4.69) is 4.98 Å². The van der Waals surface area contributed by atoms with E-state index in [0.29, 0.717) is 26.2 Å². The van der Waals surface area contributed by atoms with Crippen LogP contribution >= 0.6 is 11.3 Å². The highest BCUT2D eigenvalue weighted by Gasteiger charge is 2.32. The van der Waals surface area contributed by atoms with Crippen molar-refractivity contribution in [2.45, 2.75) is 32.5 Å². The van der Waals surface area contributed by atoms with Crippen molar-refractivity contribution in [2.75, 3.05) is 26.3 Å². The SMILES string of the molecule is Cc1ccc(-c2nc(CC(=O)N3CCCC(C4OCCO4)C3)cs2)o1. The number of carbonyl (C=O) groups is 1. The molecule has 2 aliphatic heterocycles. The van der Waals surface area contributed by atoms with Crippen LogP contribution < -0.4 is 0 Å². The molecule has 1 atom stereocenters. The molecule has 4 rings (SSSR count). The van der Waals surface area contributed by atoms with Gasteiger partial charge in [-0.3, -0.25) is 4.79 Å². The van der Waals surface area contributed by atoms with Gasteiger partial charge in [0.1, 0.15) is 5.76 Å². The molecule has 0 bridgehead atoms. The van der Waals surface area contributed by atoms with Crippen molar-refractivity contribution in [1.82, 2.24) is 9.88 Å². The fourth-order valence-corrected chi connectivity index (χ4v) is 4.20. The van der Waals surface area contributed by atoms with Gasteiger partial charge in [-0.2, -0.15) is 0 Å². The molecule has 2 saturated heterocycles. The predicted octanol–water partition coefficient (Wildman–Crippen LogP) is 2.87. The Morgan fingerprint density at radius 1 is 1.36 bits per heavy atom. The Balaban J connectivity index is 1.37. The maximum Gasteiger partial charge on any atom is 0.228 e. The molecule has 0 N–H and O–H groups in total. The Bertz CT molecular complexity index is 735. The van der Waals surface area contributed by atoms with Gasteiger partial charge in [0.05, 0.1) is 25.3 Å². The summed E-state index contributed by atoms with van der Waals surface area (Å²) in [6.45, 7) is 4.73. The maximum absolute atomic E-state index is 12.7. The van der Waals surface area contributed by atoms with Crippen molar-refractivity contribution in [1.29, 1.82) is 0 Å². The average molecular weight is 362 g/mol. The van der Waals surface area contributed by atoms with Crippen LogP contribution in [-0.4, -0.2) is 48.4 Å². The lowest BCUT2D eigenvalue weighted by molar-refractivity contribution is -0.138. The van der Waals surface area contributed by atoms with Gasteiger partial charge >= 0.3 is 0 Å². The van der Waals surface area contributed by atoms with Crippen LogP contribution in [0.2, 0.25) is 0 Å². The van der Waals surface area contributed by atoms with Crippen LogP contribution in [0.3, 0.4) is 0 Å². The lowest BCUT2D eigenvalue weighted by Crippen LogP contribution is -2.44. The minimum atomic E-state index is -0.149. The molecule has 25 heavy (non-hydrogen) atoms. The Kier molecular flexibility index (Phi) is 4.87. The second-order valence-electron chi connectivity index (χ2n) is 6.58. The van der Waals surface area contributed by atoms with Gasteiger partial charge in [0.2, 0.25) is 5.91 Å². The number of likely N-dealkylation sites (tertiary alicyclic amines) is 1. The number of thiazole rings is 1. The molecule has 0 radical (unpaired) electrons. The Labute approximate surface area is 150 Å².